The van der Waals surface area contributed by atoms with Crippen LogP contribution in [0.15, 0.2) is 84.0 Å². The molecule has 31 heavy (non-hydrogen) atoms. The summed E-state index contributed by atoms with van der Waals surface area (Å²) in [5.41, 5.74) is 3.28. The first-order chi connectivity index (χ1) is 15.3. The van der Waals surface area contributed by atoms with Crippen LogP contribution in [0.5, 0.6) is 11.5 Å². The van der Waals surface area contributed by atoms with Gasteiger partial charge in [0.05, 0.1) is 18.9 Å². The number of phenolic OH excluding ortho intramolecular Hbond substituents is 1. The summed E-state index contributed by atoms with van der Waals surface area (Å²) in [6.45, 7) is 5.91. The van der Waals surface area contributed by atoms with E-state index in [4.69, 9.17) is 4.74 Å². The molecule has 5 heteroatoms. The molecule has 1 saturated heterocycles. The van der Waals surface area contributed by atoms with E-state index < -0.39 is 0 Å². The van der Waals surface area contributed by atoms with Gasteiger partial charge in [0.1, 0.15) is 0 Å². The van der Waals surface area contributed by atoms with E-state index in [0.717, 1.165) is 26.2 Å². The lowest BCUT2D eigenvalue weighted by molar-refractivity contribution is 0.113. The van der Waals surface area contributed by atoms with Crippen LogP contribution in [0.4, 0.5) is 0 Å². The van der Waals surface area contributed by atoms with Gasteiger partial charge in [-0.1, -0.05) is 66.7 Å². The fourth-order valence-corrected chi connectivity index (χ4v) is 4.03. The van der Waals surface area contributed by atoms with E-state index in [2.05, 4.69) is 75.7 Å². The highest BCUT2D eigenvalue weighted by molar-refractivity contribution is 5.84. The Balaban J connectivity index is 1.45. The third-order valence-corrected chi connectivity index (χ3v) is 5.58. The number of nitrogens with zero attached hydrogens (tertiary/aromatic N) is 3. The van der Waals surface area contributed by atoms with Gasteiger partial charge in [0.25, 0.3) is 0 Å². The SMILES string of the molecule is CCOc1cccc(C=NN2CCN(C(c3ccccc3)c3ccccc3)CC2)c1O. The summed E-state index contributed by atoms with van der Waals surface area (Å²) >= 11 is 0. The molecule has 0 spiro atoms. The normalized spacial score (nSPS) is 15.0. The number of piperazine rings is 1. The van der Waals surface area contributed by atoms with Gasteiger partial charge in [-0.2, -0.15) is 5.10 Å². The Morgan fingerprint density at radius 3 is 2.06 bits per heavy atom. The summed E-state index contributed by atoms with van der Waals surface area (Å²) in [4.78, 5) is 2.52. The molecule has 5 nitrogen and oxygen atoms in total. The number of hydrogen-bond donors (Lipinski definition) is 1. The Labute approximate surface area is 184 Å². The smallest absolute Gasteiger partial charge is 0.166 e. The molecule has 0 atom stereocenters. The van der Waals surface area contributed by atoms with Gasteiger partial charge in [-0.25, -0.2) is 0 Å². The second-order valence-electron chi connectivity index (χ2n) is 7.59. The van der Waals surface area contributed by atoms with E-state index in [1.54, 1.807) is 12.3 Å². The van der Waals surface area contributed by atoms with Crippen molar-refractivity contribution in [2.45, 2.75) is 13.0 Å². The van der Waals surface area contributed by atoms with Gasteiger partial charge in [0.15, 0.2) is 11.5 Å². The number of phenols is 1. The molecule has 1 aliphatic rings. The lowest BCUT2D eigenvalue weighted by atomic mass is 9.96. The summed E-state index contributed by atoms with van der Waals surface area (Å²) in [6, 6.07) is 27.1. The van der Waals surface area contributed by atoms with E-state index in [1.165, 1.54) is 11.1 Å². The molecule has 0 amide bonds. The molecule has 1 N–H and O–H groups in total. The number of para-hydroxylation sites is 1. The van der Waals surface area contributed by atoms with Gasteiger partial charge in [0.2, 0.25) is 0 Å². The summed E-state index contributed by atoms with van der Waals surface area (Å²) in [6.07, 6.45) is 1.72. The highest BCUT2D eigenvalue weighted by Crippen LogP contribution is 2.30. The number of aromatic hydroxyl groups is 1. The van der Waals surface area contributed by atoms with Gasteiger partial charge >= 0.3 is 0 Å². The molecule has 0 bridgehead atoms. The highest BCUT2D eigenvalue weighted by atomic mass is 16.5. The van der Waals surface area contributed by atoms with Crippen molar-refractivity contribution in [1.29, 1.82) is 0 Å². The molecular formula is C26H29N3O2. The predicted octanol–water partition coefficient (Wildman–Crippen LogP) is 4.53. The van der Waals surface area contributed by atoms with Crippen molar-refractivity contribution in [2.24, 2.45) is 5.10 Å². The minimum atomic E-state index is 0.139. The summed E-state index contributed by atoms with van der Waals surface area (Å²) in [7, 11) is 0. The molecule has 0 aromatic heterocycles. The zero-order valence-electron chi connectivity index (χ0n) is 17.9. The van der Waals surface area contributed by atoms with Crippen molar-refractivity contribution in [3.63, 3.8) is 0 Å². The Bertz CT molecular complexity index is 945. The van der Waals surface area contributed by atoms with Crippen molar-refractivity contribution >= 4 is 6.21 Å². The molecule has 1 heterocycles. The van der Waals surface area contributed by atoms with Crippen LogP contribution in [0.3, 0.4) is 0 Å². The van der Waals surface area contributed by atoms with Gasteiger partial charge < -0.3 is 9.84 Å². The van der Waals surface area contributed by atoms with E-state index in [-0.39, 0.29) is 11.8 Å². The van der Waals surface area contributed by atoms with E-state index >= 15 is 0 Å². The Morgan fingerprint density at radius 2 is 1.48 bits per heavy atom. The topological polar surface area (TPSA) is 48.3 Å². The van der Waals surface area contributed by atoms with Crippen molar-refractivity contribution in [3.05, 3.63) is 95.6 Å². The average Bonchev–Trinajstić information content (AvgIpc) is 2.82. The molecule has 3 aromatic rings. The number of benzene rings is 3. The van der Waals surface area contributed by atoms with Crippen LogP contribution in [-0.2, 0) is 0 Å². The van der Waals surface area contributed by atoms with Crippen molar-refractivity contribution in [3.8, 4) is 11.5 Å². The first-order valence-electron chi connectivity index (χ1n) is 10.8. The van der Waals surface area contributed by atoms with Crippen LogP contribution < -0.4 is 4.74 Å². The second kappa shape index (κ2) is 10.1. The van der Waals surface area contributed by atoms with Crippen LogP contribution in [0.25, 0.3) is 0 Å². The molecule has 0 aliphatic carbocycles. The van der Waals surface area contributed by atoms with Crippen molar-refractivity contribution in [1.82, 2.24) is 9.91 Å². The molecule has 1 aliphatic heterocycles. The highest BCUT2D eigenvalue weighted by Gasteiger charge is 2.25. The average molecular weight is 416 g/mol. The second-order valence-corrected chi connectivity index (χ2v) is 7.59. The quantitative estimate of drug-likeness (QED) is 0.576. The van der Waals surface area contributed by atoms with Gasteiger partial charge in [-0.3, -0.25) is 9.91 Å². The van der Waals surface area contributed by atoms with Crippen LogP contribution in [0.1, 0.15) is 29.7 Å². The first-order valence-corrected chi connectivity index (χ1v) is 10.8. The fourth-order valence-electron chi connectivity index (χ4n) is 4.03. The lowest BCUT2D eigenvalue weighted by Gasteiger charge is -2.38. The third kappa shape index (κ3) is 5.06. The molecule has 0 unspecified atom stereocenters. The van der Waals surface area contributed by atoms with Crippen LogP contribution >= 0.6 is 0 Å². The van der Waals surface area contributed by atoms with Crippen LogP contribution in [0.2, 0.25) is 0 Å². The largest absolute Gasteiger partial charge is 0.504 e. The third-order valence-electron chi connectivity index (χ3n) is 5.58. The number of hydrazone groups is 1. The molecule has 160 valence electrons. The molecule has 0 saturated carbocycles. The van der Waals surface area contributed by atoms with Crippen LogP contribution in [-0.4, -0.2) is 54.0 Å². The maximum absolute atomic E-state index is 10.4. The summed E-state index contributed by atoms with van der Waals surface area (Å²) in [5.74, 6) is 0.629. The zero-order chi connectivity index (χ0) is 21.5. The minimum absolute atomic E-state index is 0.139. The Hall–Kier alpha value is -3.31. The molecule has 3 aromatic carbocycles. The van der Waals surface area contributed by atoms with E-state index in [9.17, 15) is 5.11 Å². The maximum Gasteiger partial charge on any atom is 0.166 e. The summed E-state index contributed by atoms with van der Waals surface area (Å²) in [5, 5.41) is 17.1. The maximum atomic E-state index is 10.4. The monoisotopic (exact) mass is 415 g/mol. The lowest BCUT2D eigenvalue weighted by Crippen LogP contribution is -2.45. The van der Waals surface area contributed by atoms with Crippen molar-refractivity contribution < 1.29 is 9.84 Å². The van der Waals surface area contributed by atoms with Crippen molar-refractivity contribution in [2.75, 3.05) is 32.8 Å². The van der Waals surface area contributed by atoms with Gasteiger partial charge in [-0.05, 0) is 30.2 Å². The molecule has 4 rings (SSSR count). The fraction of sp³-hybridized carbons (Fsp3) is 0.269. The molecule has 1 fully saturated rings. The minimum Gasteiger partial charge on any atom is -0.504 e. The standard InChI is InChI=1S/C26H29N3O2/c1-2-31-24-15-9-14-23(26(24)30)20-27-29-18-16-28(17-19-29)25(21-10-5-3-6-11-21)22-12-7-4-8-13-22/h3-15,20,25,30H,2,16-19H2,1H3. The predicted molar refractivity (Wildman–Crippen MR) is 125 cm³/mol. The summed E-state index contributed by atoms with van der Waals surface area (Å²) < 4.78 is 5.46. The molecule has 0 radical (unpaired) electrons. The van der Waals surface area contributed by atoms with Gasteiger partial charge in [-0.15, -0.1) is 0 Å². The van der Waals surface area contributed by atoms with Gasteiger partial charge in [0, 0.05) is 31.7 Å². The van der Waals surface area contributed by atoms with E-state index in [1.807, 2.05) is 19.1 Å². The Morgan fingerprint density at radius 1 is 0.871 bits per heavy atom. The van der Waals surface area contributed by atoms with Crippen LogP contribution in [0, 0.1) is 0 Å². The molecular weight excluding hydrogens is 386 g/mol. The zero-order valence-corrected chi connectivity index (χ0v) is 17.9. The number of ether oxygens (including phenoxy) is 1. The number of rotatable bonds is 7. The van der Waals surface area contributed by atoms with E-state index in [0.29, 0.717) is 17.9 Å². The Kier molecular flexibility index (Phi) is 6.85. The first kappa shape index (κ1) is 20.9. The number of hydrogen-bond acceptors (Lipinski definition) is 5.